The number of nitrogens with one attached hydrogen (secondary N) is 1. The fourth-order valence-electron chi connectivity index (χ4n) is 2.15. The predicted octanol–water partition coefficient (Wildman–Crippen LogP) is 1.53. The fourth-order valence-corrected chi connectivity index (χ4v) is 2.31. The van der Waals surface area contributed by atoms with Gasteiger partial charge in [0.1, 0.15) is 5.65 Å². The SMILES string of the molecule is O=C(NCc1cn2cc(Cl)ccc2n1)N1CCOCC1. The summed E-state index contributed by atoms with van der Waals surface area (Å²) in [5.74, 6) is 0. The predicted molar refractivity (Wildman–Crippen MR) is 74.8 cm³/mol. The number of pyridine rings is 1. The lowest BCUT2D eigenvalue weighted by atomic mass is 10.4. The van der Waals surface area contributed by atoms with E-state index in [0.717, 1.165) is 11.3 Å². The average Bonchev–Trinajstić information content (AvgIpc) is 2.87. The maximum Gasteiger partial charge on any atom is 0.317 e. The minimum atomic E-state index is -0.0802. The van der Waals surface area contributed by atoms with Crippen molar-refractivity contribution >= 4 is 23.3 Å². The van der Waals surface area contributed by atoms with E-state index in [0.29, 0.717) is 37.9 Å². The highest BCUT2D eigenvalue weighted by Crippen LogP contribution is 2.11. The zero-order chi connectivity index (χ0) is 13.9. The molecule has 1 aliphatic heterocycles. The first-order valence-corrected chi connectivity index (χ1v) is 6.84. The minimum Gasteiger partial charge on any atom is -0.378 e. The van der Waals surface area contributed by atoms with Crippen LogP contribution in [0.15, 0.2) is 24.5 Å². The van der Waals surface area contributed by atoms with Gasteiger partial charge in [-0.25, -0.2) is 9.78 Å². The van der Waals surface area contributed by atoms with E-state index in [-0.39, 0.29) is 6.03 Å². The van der Waals surface area contributed by atoms with Crippen LogP contribution in [0.3, 0.4) is 0 Å². The summed E-state index contributed by atoms with van der Waals surface area (Å²) in [4.78, 5) is 18.1. The van der Waals surface area contributed by atoms with E-state index < -0.39 is 0 Å². The second-order valence-electron chi connectivity index (χ2n) is 4.60. The summed E-state index contributed by atoms with van der Waals surface area (Å²) in [6.45, 7) is 2.86. The molecule has 0 atom stereocenters. The second kappa shape index (κ2) is 5.68. The lowest BCUT2D eigenvalue weighted by molar-refractivity contribution is 0.0531. The van der Waals surface area contributed by atoms with Crippen LogP contribution in [-0.4, -0.2) is 46.6 Å². The fraction of sp³-hybridized carbons (Fsp3) is 0.385. The average molecular weight is 295 g/mol. The highest BCUT2D eigenvalue weighted by molar-refractivity contribution is 6.30. The molecule has 106 valence electrons. The Labute approximate surface area is 121 Å². The quantitative estimate of drug-likeness (QED) is 0.914. The highest BCUT2D eigenvalue weighted by Gasteiger charge is 2.16. The van der Waals surface area contributed by atoms with E-state index in [1.165, 1.54) is 0 Å². The first-order valence-electron chi connectivity index (χ1n) is 6.46. The van der Waals surface area contributed by atoms with Crippen molar-refractivity contribution in [2.24, 2.45) is 0 Å². The maximum absolute atomic E-state index is 11.9. The van der Waals surface area contributed by atoms with Gasteiger partial charge >= 0.3 is 6.03 Å². The van der Waals surface area contributed by atoms with Crippen LogP contribution in [0.2, 0.25) is 5.02 Å². The Kier molecular flexibility index (Phi) is 3.75. The Bertz CT molecular complexity index is 622. The van der Waals surface area contributed by atoms with E-state index >= 15 is 0 Å². The summed E-state index contributed by atoms with van der Waals surface area (Å²) < 4.78 is 7.06. The monoisotopic (exact) mass is 294 g/mol. The molecule has 7 heteroatoms. The molecule has 0 radical (unpaired) electrons. The van der Waals surface area contributed by atoms with Gasteiger partial charge in [0.05, 0.1) is 30.5 Å². The number of amides is 2. The molecule has 2 aromatic rings. The van der Waals surface area contributed by atoms with E-state index in [1.54, 1.807) is 17.2 Å². The molecule has 20 heavy (non-hydrogen) atoms. The number of ether oxygens (including phenoxy) is 1. The van der Waals surface area contributed by atoms with Gasteiger partial charge in [0.2, 0.25) is 0 Å². The van der Waals surface area contributed by atoms with Crippen molar-refractivity contribution in [3.63, 3.8) is 0 Å². The molecule has 2 aromatic heterocycles. The van der Waals surface area contributed by atoms with Crippen LogP contribution < -0.4 is 5.32 Å². The summed E-state index contributed by atoms with van der Waals surface area (Å²) in [6, 6.07) is 3.55. The molecule has 3 rings (SSSR count). The van der Waals surface area contributed by atoms with E-state index in [4.69, 9.17) is 16.3 Å². The van der Waals surface area contributed by atoms with Crippen LogP contribution in [0.5, 0.6) is 0 Å². The number of halogens is 1. The Morgan fingerprint density at radius 1 is 1.35 bits per heavy atom. The number of imidazole rings is 1. The van der Waals surface area contributed by atoms with Crippen molar-refractivity contribution in [3.8, 4) is 0 Å². The minimum absolute atomic E-state index is 0.0802. The number of aromatic nitrogens is 2. The van der Waals surface area contributed by atoms with Crippen molar-refractivity contribution < 1.29 is 9.53 Å². The third-order valence-electron chi connectivity index (χ3n) is 3.18. The molecule has 0 unspecified atom stereocenters. The molecule has 6 nitrogen and oxygen atoms in total. The van der Waals surface area contributed by atoms with Crippen molar-refractivity contribution in [1.29, 1.82) is 0 Å². The standard InChI is InChI=1S/C13H15ClN4O2/c14-10-1-2-12-16-11(9-18(12)8-10)7-15-13(19)17-3-5-20-6-4-17/h1-2,8-9H,3-7H2,(H,15,19). The number of carbonyl (C=O) groups excluding carboxylic acids is 1. The molecule has 0 aliphatic carbocycles. The Morgan fingerprint density at radius 3 is 2.95 bits per heavy atom. The van der Waals surface area contributed by atoms with Crippen LogP contribution in [-0.2, 0) is 11.3 Å². The number of fused-ring (bicyclic) bond motifs is 1. The number of nitrogens with zero attached hydrogens (tertiary/aromatic N) is 3. The van der Waals surface area contributed by atoms with Crippen LogP contribution in [0.4, 0.5) is 4.79 Å². The molecule has 1 saturated heterocycles. The number of morpholine rings is 1. The third-order valence-corrected chi connectivity index (χ3v) is 3.41. The molecule has 0 bridgehead atoms. The van der Waals surface area contributed by atoms with Gasteiger partial charge in [-0.15, -0.1) is 0 Å². The molecule has 1 aliphatic rings. The summed E-state index contributed by atoms with van der Waals surface area (Å²) in [6.07, 6.45) is 3.65. The molecule has 0 aromatic carbocycles. The number of urea groups is 1. The number of carbonyl (C=O) groups is 1. The number of hydrogen-bond acceptors (Lipinski definition) is 3. The Morgan fingerprint density at radius 2 is 2.15 bits per heavy atom. The van der Waals surface area contributed by atoms with Gasteiger partial charge in [-0.05, 0) is 12.1 Å². The number of rotatable bonds is 2. The molecule has 0 spiro atoms. The molecular weight excluding hydrogens is 280 g/mol. The zero-order valence-corrected chi connectivity index (χ0v) is 11.6. The van der Waals surface area contributed by atoms with E-state index in [1.807, 2.05) is 16.7 Å². The van der Waals surface area contributed by atoms with Crippen molar-refractivity contribution in [2.45, 2.75) is 6.54 Å². The number of hydrogen-bond donors (Lipinski definition) is 1. The summed E-state index contributed by atoms with van der Waals surface area (Å²) in [5, 5.41) is 3.52. The summed E-state index contributed by atoms with van der Waals surface area (Å²) in [7, 11) is 0. The molecule has 2 amide bonds. The van der Waals surface area contributed by atoms with Crippen LogP contribution in [0.1, 0.15) is 5.69 Å². The van der Waals surface area contributed by atoms with E-state index in [2.05, 4.69) is 10.3 Å². The Balaban J connectivity index is 1.63. The van der Waals surface area contributed by atoms with E-state index in [9.17, 15) is 4.79 Å². The molecule has 3 heterocycles. The van der Waals surface area contributed by atoms with Gasteiger partial charge in [-0.1, -0.05) is 11.6 Å². The second-order valence-corrected chi connectivity index (χ2v) is 5.04. The summed E-state index contributed by atoms with van der Waals surface area (Å²) >= 11 is 5.92. The topological polar surface area (TPSA) is 58.9 Å². The molecule has 0 saturated carbocycles. The van der Waals surface area contributed by atoms with Gasteiger partial charge in [0.15, 0.2) is 0 Å². The van der Waals surface area contributed by atoms with Gasteiger partial charge in [0, 0.05) is 25.5 Å². The zero-order valence-electron chi connectivity index (χ0n) is 10.9. The lowest BCUT2D eigenvalue weighted by Crippen LogP contribution is -2.45. The maximum atomic E-state index is 11.9. The van der Waals surface area contributed by atoms with Gasteiger partial charge in [-0.3, -0.25) is 0 Å². The smallest absolute Gasteiger partial charge is 0.317 e. The van der Waals surface area contributed by atoms with Gasteiger partial charge in [0.25, 0.3) is 0 Å². The molecule has 1 N–H and O–H groups in total. The van der Waals surface area contributed by atoms with Crippen LogP contribution >= 0.6 is 11.6 Å². The van der Waals surface area contributed by atoms with Crippen LogP contribution in [0, 0.1) is 0 Å². The van der Waals surface area contributed by atoms with Gasteiger partial charge < -0.3 is 19.4 Å². The molecule has 1 fully saturated rings. The van der Waals surface area contributed by atoms with Crippen molar-refractivity contribution in [3.05, 3.63) is 35.2 Å². The van der Waals surface area contributed by atoms with Crippen LogP contribution in [0.25, 0.3) is 5.65 Å². The van der Waals surface area contributed by atoms with Crippen molar-refractivity contribution in [1.82, 2.24) is 19.6 Å². The normalized spacial score (nSPS) is 15.6. The molecular formula is C13H15ClN4O2. The first-order chi connectivity index (χ1) is 9.72. The lowest BCUT2D eigenvalue weighted by Gasteiger charge is -2.26. The largest absolute Gasteiger partial charge is 0.378 e. The first kappa shape index (κ1) is 13.2. The Hall–Kier alpha value is -1.79. The van der Waals surface area contributed by atoms with Gasteiger partial charge in [-0.2, -0.15) is 0 Å². The van der Waals surface area contributed by atoms with Crippen molar-refractivity contribution in [2.75, 3.05) is 26.3 Å². The highest BCUT2D eigenvalue weighted by atomic mass is 35.5. The summed E-state index contributed by atoms with van der Waals surface area (Å²) in [5.41, 5.74) is 1.61. The third kappa shape index (κ3) is 2.86.